The van der Waals surface area contributed by atoms with Crippen LogP contribution in [-0.4, -0.2) is 11.7 Å². The molecule has 0 aliphatic heterocycles. The van der Waals surface area contributed by atoms with Crippen molar-refractivity contribution in [2.45, 2.75) is 77.6 Å². The quantitative estimate of drug-likeness (QED) is 0.585. The standard InChI is InChI=1S/C16H30O/c1-2-3-4-5-6-7-8-9-16(13-17)11-14-10-15(14)12-16/h14-15,17H,2-13H2,1H3. The van der Waals surface area contributed by atoms with Crippen LogP contribution in [0.25, 0.3) is 0 Å². The number of aliphatic hydroxyl groups excluding tert-OH is 1. The van der Waals surface area contributed by atoms with Crippen LogP contribution in [0.4, 0.5) is 0 Å². The highest BCUT2D eigenvalue weighted by molar-refractivity contribution is 5.02. The highest BCUT2D eigenvalue weighted by atomic mass is 16.3. The van der Waals surface area contributed by atoms with E-state index < -0.39 is 0 Å². The van der Waals surface area contributed by atoms with Gasteiger partial charge in [-0.3, -0.25) is 0 Å². The SMILES string of the molecule is CCCCCCCCCC1(CO)CC2CC2C1. The fourth-order valence-corrected chi connectivity index (χ4v) is 3.88. The Morgan fingerprint density at radius 3 is 2.12 bits per heavy atom. The molecule has 0 spiro atoms. The molecule has 2 unspecified atom stereocenters. The van der Waals surface area contributed by atoms with Crippen LogP contribution in [0.2, 0.25) is 0 Å². The summed E-state index contributed by atoms with van der Waals surface area (Å²) in [7, 11) is 0. The van der Waals surface area contributed by atoms with Gasteiger partial charge in [-0.15, -0.1) is 0 Å². The van der Waals surface area contributed by atoms with Crippen molar-refractivity contribution in [1.82, 2.24) is 0 Å². The van der Waals surface area contributed by atoms with Gasteiger partial charge in [0, 0.05) is 6.61 Å². The third-order valence-corrected chi connectivity index (χ3v) is 5.11. The average Bonchev–Trinajstić information content (AvgIpc) is 2.96. The topological polar surface area (TPSA) is 20.2 Å². The zero-order chi connectivity index (χ0) is 12.1. The molecule has 2 saturated carbocycles. The highest BCUT2D eigenvalue weighted by Gasteiger charge is 2.52. The summed E-state index contributed by atoms with van der Waals surface area (Å²) in [5.74, 6) is 2.01. The Kier molecular flexibility index (Phi) is 4.90. The first-order valence-electron chi connectivity index (χ1n) is 7.90. The second-order valence-corrected chi connectivity index (χ2v) is 6.69. The van der Waals surface area contributed by atoms with Crippen molar-refractivity contribution >= 4 is 0 Å². The van der Waals surface area contributed by atoms with Crippen molar-refractivity contribution in [2.24, 2.45) is 17.3 Å². The van der Waals surface area contributed by atoms with Gasteiger partial charge < -0.3 is 5.11 Å². The molecule has 2 rings (SSSR count). The fourth-order valence-electron chi connectivity index (χ4n) is 3.88. The first-order chi connectivity index (χ1) is 8.29. The van der Waals surface area contributed by atoms with Gasteiger partial charge in [-0.05, 0) is 42.9 Å². The molecule has 0 bridgehead atoms. The molecular formula is C16H30O. The largest absolute Gasteiger partial charge is 0.396 e. The number of hydrogen-bond acceptors (Lipinski definition) is 1. The van der Waals surface area contributed by atoms with E-state index in [2.05, 4.69) is 6.92 Å². The van der Waals surface area contributed by atoms with Crippen molar-refractivity contribution in [3.05, 3.63) is 0 Å². The van der Waals surface area contributed by atoms with Gasteiger partial charge in [0.15, 0.2) is 0 Å². The Morgan fingerprint density at radius 1 is 0.941 bits per heavy atom. The van der Waals surface area contributed by atoms with Gasteiger partial charge in [0.2, 0.25) is 0 Å². The van der Waals surface area contributed by atoms with E-state index in [1.54, 1.807) is 0 Å². The number of fused-ring (bicyclic) bond motifs is 1. The molecule has 0 aromatic carbocycles. The molecule has 0 radical (unpaired) electrons. The lowest BCUT2D eigenvalue weighted by Gasteiger charge is -2.28. The number of hydrogen-bond donors (Lipinski definition) is 1. The maximum absolute atomic E-state index is 9.63. The Balaban J connectivity index is 1.52. The van der Waals surface area contributed by atoms with Crippen molar-refractivity contribution in [3.8, 4) is 0 Å². The van der Waals surface area contributed by atoms with Crippen LogP contribution in [0.3, 0.4) is 0 Å². The number of unbranched alkanes of at least 4 members (excludes halogenated alkanes) is 6. The summed E-state index contributed by atoms with van der Waals surface area (Å²) in [6.07, 6.45) is 15.2. The minimum Gasteiger partial charge on any atom is -0.396 e. The van der Waals surface area contributed by atoms with E-state index in [0.717, 1.165) is 11.8 Å². The average molecular weight is 238 g/mol. The Bertz CT molecular complexity index is 214. The molecule has 2 fully saturated rings. The first-order valence-corrected chi connectivity index (χ1v) is 7.90. The molecule has 1 N–H and O–H groups in total. The molecular weight excluding hydrogens is 208 g/mol. The normalized spacial score (nSPS) is 34.9. The zero-order valence-corrected chi connectivity index (χ0v) is 11.6. The molecule has 0 aromatic heterocycles. The molecule has 2 aliphatic carbocycles. The van der Waals surface area contributed by atoms with E-state index >= 15 is 0 Å². The van der Waals surface area contributed by atoms with Crippen LogP contribution in [-0.2, 0) is 0 Å². The summed E-state index contributed by atoms with van der Waals surface area (Å²) >= 11 is 0. The van der Waals surface area contributed by atoms with Crippen LogP contribution < -0.4 is 0 Å². The van der Waals surface area contributed by atoms with Gasteiger partial charge in [0.25, 0.3) is 0 Å². The summed E-state index contributed by atoms with van der Waals surface area (Å²) in [4.78, 5) is 0. The lowest BCUT2D eigenvalue weighted by atomic mass is 9.79. The molecule has 2 aliphatic rings. The number of rotatable bonds is 9. The molecule has 1 heteroatoms. The first kappa shape index (κ1) is 13.4. The van der Waals surface area contributed by atoms with Crippen molar-refractivity contribution in [1.29, 1.82) is 0 Å². The van der Waals surface area contributed by atoms with Crippen LogP contribution in [0.15, 0.2) is 0 Å². The molecule has 0 saturated heterocycles. The van der Waals surface area contributed by atoms with E-state index in [1.165, 1.54) is 70.6 Å². The van der Waals surface area contributed by atoms with E-state index in [4.69, 9.17) is 0 Å². The maximum Gasteiger partial charge on any atom is 0.0487 e. The van der Waals surface area contributed by atoms with Gasteiger partial charge in [0.05, 0.1) is 0 Å². The number of aliphatic hydroxyl groups is 1. The summed E-state index contributed by atoms with van der Waals surface area (Å²) < 4.78 is 0. The van der Waals surface area contributed by atoms with Crippen molar-refractivity contribution < 1.29 is 5.11 Å². The molecule has 0 heterocycles. The van der Waals surface area contributed by atoms with Gasteiger partial charge in [-0.1, -0.05) is 51.9 Å². The fraction of sp³-hybridized carbons (Fsp3) is 1.00. The van der Waals surface area contributed by atoms with Crippen LogP contribution in [0, 0.1) is 17.3 Å². The Morgan fingerprint density at radius 2 is 1.53 bits per heavy atom. The van der Waals surface area contributed by atoms with Crippen molar-refractivity contribution in [3.63, 3.8) is 0 Å². The Labute approximate surface area is 107 Å². The summed E-state index contributed by atoms with van der Waals surface area (Å²) in [6, 6.07) is 0. The Hall–Kier alpha value is -0.0400. The maximum atomic E-state index is 9.63. The molecule has 2 atom stereocenters. The minimum atomic E-state index is 0.358. The van der Waals surface area contributed by atoms with E-state index in [9.17, 15) is 5.11 Å². The third-order valence-electron chi connectivity index (χ3n) is 5.11. The van der Waals surface area contributed by atoms with Gasteiger partial charge in [-0.25, -0.2) is 0 Å². The third kappa shape index (κ3) is 3.71. The van der Waals surface area contributed by atoms with E-state index in [0.29, 0.717) is 12.0 Å². The van der Waals surface area contributed by atoms with Gasteiger partial charge in [0.1, 0.15) is 0 Å². The van der Waals surface area contributed by atoms with E-state index in [-0.39, 0.29) is 0 Å². The molecule has 17 heavy (non-hydrogen) atoms. The zero-order valence-electron chi connectivity index (χ0n) is 11.6. The predicted octanol–water partition coefficient (Wildman–Crippen LogP) is 4.54. The summed E-state index contributed by atoms with van der Waals surface area (Å²) in [5.41, 5.74) is 0.358. The van der Waals surface area contributed by atoms with Gasteiger partial charge >= 0.3 is 0 Å². The monoisotopic (exact) mass is 238 g/mol. The lowest BCUT2D eigenvalue weighted by Crippen LogP contribution is -2.23. The molecule has 0 aromatic rings. The second kappa shape index (κ2) is 6.22. The predicted molar refractivity (Wildman–Crippen MR) is 73.0 cm³/mol. The smallest absolute Gasteiger partial charge is 0.0487 e. The second-order valence-electron chi connectivity index (χ2n) is 6.69. The highest BCUT2D eigenvalue weighted by Crippen LogP contribution is 2.61. The summed E-state index contributed by atoms with van der Waals surface area (Å²) in [6.45, 7) is 2.73. The molecule has 100 valence electrons. The van der Waals surface area contributed by atoms with Gasteiger partial charge in [-0.2, -0.15) is 0 Å². The summed E-state index contributed by atoms with van der Waals surface area (Å²) in [5, 5.41) is 9.63. The van der Waals surface area contributed by atoms with Crippen LogP contribution >= 0.6 is 0 Å². The van der Waals surface area contributed by atoms with Crippen molar-refractivity contribution in [2.75, 3.05) is 6.61 Å². The van der Waals surface area contributed by atoms with Crippen LogP contribution in [0.5, 0.6) is 0 Å². The van der Waals surface area contributed by atoms with E-state index in [1.807, 2.05) is 0 Å². The minimum absolute atomic E-state index is 0.358. The molecule has 1 nitrogen and oxygen atoms in total. The lowest BCUT2D eigenvalue weighted by molar-refractivity contribution is 0.104. The molecule has 0 amide bonds. The van der Waals surface area contributed by atoms with Crippen LogP contribution in [0.1, 0.15) is 77.6 Å².